The van der Waals surface area contributed by atoms with E-state index in [0.717, 1.165) is 11.3 Å². The Morgan fingerprint density at radius 1 is 1.37 bits per heavy atom. The standard InChI is InChI=1S/C12H12N4O2S/c1-18-10-4-2-3-9(5-10)12-16(11(17)6-19-12)15-7-13-14-8-15/h2-5,7-8,12H,6H2,1H3. The van der Waals surface area contributed by atoms with E-state index in [1.165, 1.54) is 12.7 Å². The summed E-state index contributed by atoms with van der Waals surface area (Å²) >= 11 is 1.57. The van der Waals surface area contributed by atoms with Crippen LogP contribution in [-0.2, 0) is 4.79 Å². The number of hydrogen-bond acceptors (Lipinski definition) is 5. The van der Waals surface area contributed by atoms with Crippen LogP contribution in [-0.4, -0.2) is 33.6 Å². The Kier molecular flexibility index (Phi) is 3.12. The normalized spacial score (nSPS) is 18.9. The SMILES string of the molecule is COc1cccc(C2SCC(=O)N2n2cnnc2)c1. The summed E-state index contributed by atoms with van der Waals surface area (Å²) in [5.41, 5.74) is 1.02. The molecule has 2 aromatic rings. The van der Waals surface area contributed by atoms with E-state index in [2.05, 4.69) is 10.2 Å². The number of carbonyl (C=O) groups excluding carboxylic acids is 1. The molecule has 1 saturated heterocycles. The second kappa shape index (κ2) is 4.93. The van der Waals surface area contributed by atoms with E-state index in [9.17, 15) is 4.79 Å². The van der Waals surface area contributed by atoms with E-state index in [4.69, 9.17) is 4.74 Å². The first-order valence-corrected chi connectivity index (χ1v) is 6.77. The van der Waals surface area contributed by atoms with Crippen molar-refractivity contribution >= 4 is 17.7 Å². The van der Waals surface area contributed by atoms with Crippen molar-refractivity contribution in [2.24, 2.45) is 0 Å². The number of aromatic nitrogens is 3. The van der Waals surface area contributed by atoms with Crippen LogP contribution < -0.4 is 9.75 Å². The van der Waals surface area contributed by atoms with Crippen LogP contribution >= 0.6 is 11.8 Å². The molecule has 1 aromatic carbocycles. The summed E-state index contributed by atoms with van der Waals surface area (Å²) in [6.07, 6.45) is 3.05. The predicted octanol–water partition coefficient (Wildman–Crippen LogP) is 1.20. The highest BCUT2D eigenvalue weighted by Gasteiger charge is 2.34. The summed E-state index contributed by atoms with van der Waals surface area (Å²) in [4.78, 5) is 12.0. The van der Waals surface area contributed by atoms with Gasteiger partial charge in [0.05, 0.1) is 12.9 Å². The molecule has 1 aromatic heterocycles. The number of benzene rings is 1. The molecule has 1 atom stereocenters. The van der Waals surface area contributed by atoms with E-state index in [1.54, 1.807) is 28.6 Å². The topological polar surface area (TPSA) is 60.2 Å². The average molecular weight is 276 g/mol. The molecule has 19 heavy (non-hydrogen) atoms. The van der Waals surface area contributed by atoms with Crippen molar-refractivity contribution in [1.29, 1.82) is 0 Å². The van der Waals surface area contributed by atoms with Gasteiger partial charge in [-0.1, -0.05) is 12.1 Å². The molecule has 0 aliphatic carbocycles. The molecule has 6 nitrogen and oxygen atoms in total. The molecule has 3 rings (SSSR count). The van der Waals surface area contributed by atoms with Gasteiger partial charge < -0.3 is 4.74 Å². The lowest BCUT2D eigenvalue weighted by molar-refractivity contribution is -0.117. The van der Waals surface area contributed by atoms with Gasteiger partial charge in [-0.25, -0.2) is 9.69 Å². The van der Waals surface area contributed by atoms with Crippen LogP contribution in [0.4, 0.5) is 0 Å². The Morgan fingerprint density at radius 2 is 2.16 bits per heavy atom. The lowest BCUT2D eigenvalue weighted by Crippen LogP contribution is -2.37. The second-order valence-electron chi connectivity index (χ2n) is 4.02. The smallest absolute Gasteiger partial charge is 0.252 e. The monoisotopic (exact) mass is 276 g/mol. The van der Waals surface area contributed by atoms with E-state index in [0.29, 0.717) is 5.75 Å². The number of rotatable bonds is 3. The molecule has 1 aliphatic heterocycles. The maximum Gasteiger partial charge on any atom is 0.252 e. The summed E-state index contributed by atoms with van der Waals surface area (Å²) in [7, 11) is 1.63. The first kappa shape index (κ1) is 12.0. The molecule has 1 aliphatic rings. The van der Waals surface area contributed by atoms with E-state index in [-0.39, 0.29) is 11.3 Å². The summed E-state index contributed by atoms with van der Waals surface area (Å²) in [5, 5.41) is 9.06. The third kappa shape index (κ3) is 2.17. The Balaban J connectivity index is 1.96. The highest BCUT2D eigenvalue weighted by molar-refractivity contribution is 8.00. The van der Waals surface area contributed by atoms with Crippen LogP contribution in [0.25, 0.3) is 0 Å². The summed E-state index contributed by atoms with van der Waals surface area (Å²) in [5.74, 6) is 1.26. The van der Waals surface area contributed by atoms with Crippen molar-refractivity contribution in [3.8, 4) is 5.75 Å². The Labute approximate surface area is 114 Å². The highest BCUT2D eigenvalue weighted by Crippen LogP contribution is 2.38. The van der Waals surface area contributed by atoms with Crippen molar-refractivity contribution in [2.75, 3.05) is 17.9 Å². The van der Waals surface area contributed by atoms with Crippen LogP contribution in [0, 0.1) is 0 Å². The lowest BCUT2D eigenvalue weighted by atomic mass is 10.2. The summed E-state index contributed by atoms with van der Waals surface area (Å²) in [6, 6.07) is 7.72. The molecule has 1 amide bonds. The minimum atomic E-state index is -0.0846. The quantitative estimate of drug-likeness (QED) is 0.843. The number of hydrogen-bond donors (Lipinski definition) is 0. The van der Waals surface area contributed by atoms with Crippen LogP contribution in [0.3, 0.4) is 0 Å². The van der Waals surface area contributed by atoms with E-state index in [1.807, 2.05) is 24.3 Å². The lowest BCUT2D eigenvalue weighted by Gasteiger charge is -2.24. The fourth-order valence-electron chi connectivity index (χ4n) is 2.01. The van der Waals surface area contributed by atoms with Crippen molar-refractivity contribution < 1.29 is 9.53 Å². The van der Waals surface area contributed by atoms with Crippen molar-refractivity contribution in [3.63, 3.8) is 0 Å². The Hall–Kier alpha value is -2.02. The van der Waals surface area contributed by atoms with Crippen LogP contribution in [0.15, 0.2) is 36.9 Å². The fourth-order valence-corrected chi connectivity index (χ4v) is 3.15. The van der Waals surface area contributed by atoms with Crippen LogP contribution in [0.1, 0.15) is 10.9 Å². The maximum absolute atomic E-state index is 12.0. The van der Waals surface area contributed by atoms with Gasteiger partial charge in [0.2, 0.25) is 0 Å². The highest BCUT2D eigenvalue weighted by atomic mass is 32.2. The van der Waals surface area contributed by atoms with Gasteiger partial charge in [-0.15, -0.1) is 22.0 Å². The summed E-state index contributed by atoms with van der Waals surface area (Å²) < 4.78 is 6.84. The molecule has 2 heterocycles. The molecular weight excluding hydrogens is 264 g/mol. The molecule has 0 bridgehead atoms. The number of carbonyl (C=O) groups is 1. The first-order valence-electron chi connectivity index (χ1n) is 5.72. The zero-order valence-corrected chi connectivity index (χ0v) is 11.1. The first-order chi connectivity index (χ1) is 9.29. The molecular formula is C12H12N4O2S. The molecule has 7 heteroatoms. The zero-order valence-electron chi connectivity index (χ0n) is 10.3. The van der Waals surface area contributed by atoms with Gasteiger partial charge in [0.15, 0.2) is 0 Å². The van der Waals surface area contributed by atoms with Crippen LogP contribution in [0.2, 0.25) is 0 Å². The number of methoxy groups -OCH3 is 1. The molecule has 98 valence electrons. The van der Waals surface area contributed by atoms with Gasteiger partial charge >= 0.3 is 0 Å². The van der Waals surface area contributed by atoms with Crippen LogP contribution in [0.5, 0.6) is 5.75 Å². The van der Waals surface area contributed by atoms with E-state index >= 15 is 0 Å². The number of thioether (sulfide) groups is 1. The van der Waals surface area contributed by atoms with Crippen molar-refractivity contribution in [2.45, 2.75) is 5.37 Å². The van der Waals surface area contributed by atoms with Gasteiger partial charge in [-0.2, -0.15) is 0 Å². The molecule has 0 saturated carbocycles. The van der Waals surface area contributed by atoms with Crippen molar-refractivity contribution in [3.05, 3.63) is 42.5 Å². The van der Waals surface area contributed by atoms with Gasteiger partial charge in [0.25, 0.3) is 5.91 Å². The largest absolute Gasteiger partial charge is 0.497 e. The molecule has 0 spiro atoms. The molecule has 1 fully saturated rings. The van der Waals surface area contributed by atoms with Crippen molar-refractivity contribution in [1.82, 2.24) is 14.9 Å². The molecule has 0 N–H and O–H groups in total. The molecule has 0 radical (unpaired) electrons. The third-order valence-electron chi connectivity index (χ3n) is 2.88. The van der Waals surface area contributed by atoms with Gasteiger partial charge in [0.1, 0.15) is 23.8 Å². The second-order valence-corrected chi connectivity index (χ2v) is 5.09. The Bertz CT molecular complexity index is 587. The molecule has 1 unspecified atom stereocenters. The number of nitrogens with zero attached hydrogens (tertiary/aromatic N) is 4. The summed E-state index contributed by atoms with van der Waals surface area (Å²) in [6.45, 7) is 0. The van der Waals surface area contributed by atoms with E-state index < -0.39 is 0 Å². The Morgan fingerprint density at radius 3 is 2.89 bits per heavy atom. The number of amides is 1. The fraction of sp³-hybridized carbons (Fsp3) is 0.250. The van der Waals surface area contributed by atoms with Gasteiger partial charge in [-0.3, -0.25) is 4.79 Å². The number of ether oxygens (including phenoxy) is 1. The zero-order chi connectivity index (χ0) is 13.2. The van der Waals surface area contributed by atoms with Gasteiger partial charge in [-0.05, 0) is 17.7 Å². The predicted molar refractivity (Wildman–Crippen MR) is 71.4 cm³/mol. The van der Waals surface area contributed by atoms with Gasteiger partial charge in [0, 0.05) is 0 Å². The average Bonchev–Trinajstić information content (AvgIpc) is 3.07. The minimum absolute atomic E-state index is 0.0395. The minimum Gasteiger partial charge on any atom is -0.497 e. The third-order valence-corrected chi connectivity index (χ3v) is 4.08. The maximum atomic E-state index is 12.0.